The molecule has 0 spiro atoms. The Morgan fingerprint density at radius 3 is 3.00 bits per heavy atom. The van der Waals surface area contributed by atoms with E-state index in [1.165, 1.54) is 23.9 Å². The molecule has 0 bridgehead atoms. The summed E-state index contributed by atoms with van der Waals surface area (Å²) in [6.45, 7) is 0.347. The highest BCUT2D eigenvalue weighted by molar-refractivity contribution is 9.10. The summed E-state index contributed by atoms with van der Waals surface area (Å²) >= 11 is 4.86. The van der Waals surface area contributed by atoms with Gasteiger partial charge in [0, 0.05) is 5.56 Å². The van der Waals surface area contributed by atoms with E-state index in [-0.39, 0.29) is 5.82 Å². The zero-order chi connectivity index (χ0) is 18.1. The lowest BCUT2D eigenvalue weighted by Gasteiger charge is -2.07. The predicted octanol–water partition coefficient (Wildman–Crippen LogP) is 3.15. The molecular formula is C15H12BrFN8S. The minimum Gasteiger partial charge on any atom is -0.347 e. The Morgan fingerprint density at radius 2 is 2.19 bits per heavy atom. The monoisotopic (exact) mass is 434 g/mol. The first kappa shape index (κ1) is 16.9. The summed E-state index contributed by atoms with van der Waals surface area (Å²) in [6.07, 6.45) is 3.57. The van der Waals surface area contributed by atoms with Crippen LogP contribution in [0.25, 0.3) is 17.0 Å². The molecule has 3 aromatic heterocycles. The topological polar surface area (TPSA) is 96.7 Å². The van der Waals surface area contributed by atoms with Gasteiger partial charge in [0.05, 0.1) is 17.2 Å². The molecule has 0 aliphatic rings. The van der Waals surface area contributed by atoms with Crippen molar-refractivity contribution in [3.8, 4) is 11.4 Å². The van der Waals surface area contributed by atoms with E-state index < -0.39 is 0 Å². The number of halogens is 2. The van der Waals surface area contributed by atoms with Gasteiger partial charge in [0.1, 0.15) is 11.6 Å². The Bertz CT molecular complexity index is 1080. The van der Waals surface area contributed by atoms with Gasteiger partial charge in [-0.3, -0.25) is 5.10 Å². The van der Waals surface area contributed by atoms with E-state index in [0.717, 1.165) is 4.47 Å². The number of hydrogen-bond donors (Lipinski definition) is 2. The van der Waals surface area contributed by atoms with E-state index in [1.54, 1.807) is 22.8 Å². The van der Waals surface area contributed by atoms with Gasteiger partial charge in [0.2, 0.25) is 5.95 Å². The smallest absolute Gasteiger partial charge is 0.228 e. The fourth-order valence-electron chi connectivity index (χ4n) is 2.33. The SMILES string of the molecule is CSc1nc(NCc2nc(-c3cccc(F)c3)n[nH]2)n2ncc(Br)c2n1. The molecule has 0 radical (unpaired) electrons. The third-order valence-electron chi connectivity index (χ3n) is 3.52. The molecule has 0 fully saturated rings. The molecule has 3 heterocycles. The predicted molar refractivity (Wildman–Crippen MR) is 99.4 cm³/mol. The number of rotatable bonds is 5. The number of benzene rings is 1. The Hall–Kier alpha value is -2.53. The van der Waals surface area contributed by atoms with Gasteiger partial charge in [-0.25, -0.2) is 14.4 Å². The zero-order valence-electron chi connectivity index (χ0n) is 13.4. The molecular weight excluding hydrogens is 423 g/mol. The van der Waals surface area contributed by atoms with Gasteiger partial charge in [0.25, 0.3) is 0 Å². The first-order chi connectivity index (χ1) is 12.6. The summed E-state index contributed by atoms with van der Waals surface area (Å²) in [5, 5.41) is 15.0. The summed E-state index contributed by atoms with van der Waals surface area (Å²) < 4.78 is 15.7. The number of aromatic nitrogens is 7. The summed E-state index contributed by atoms with van der Waals surface area (Å²) in [5.74, 6) is 1.23. The Labute approximate surface area is 159 Å². The van der Waals surface area contributed by atoms with Crippen molar-refractivity contribution < 1.29 is 4.39 Å². The number of thioether (sulfide) groups is 1. The van der Waals surface area contributed by atoms with Gasteiger partial charge >= 0.3 is 0 Å². The second kappa shape index (κ2) is 7.00. The minimum absolute atomic E-state index is 0.329. The first-order valence-electron chi connectivity index (χ1n) is 7.50. The van der Waals surface area contributed by atoms with E-state index in [1.807, 2.05) is 6.26 Å². The van der Waals surface area contributed by atoms with Gasteiger partial charge in [0.15, 0.2) is 16.6 Å². The summed E-state index contributed by atoms with van der Waals surface area (Å²) in [6, 6.07) is 6.14. The number of nitrogens with zero attached hydrogens (tertiary/aromatic N) is 6. The largest absolute Gasteiger partial charge is 0.347 e. The standard InChI is InChI=1S/C15H12BrFN8S/c1-26-15-21-13-10(16)6-19-25(13)14(22-15)18-7-11-20-12(24-23-11)8-3-2-4-9(17)5-8/h2-6H,7H2,1H3,(H,18,21,22)(H,20,23,24). The van der Waals surface area contributed by atoms with Crippen molar-refractivity contribution >= 4 is 39.3 Å². The number of hydrogen-bond acceptors (Lipinski definition) is 7. The van der Waals surface area contributed by atoms with Crippen LogP contribution in [-0.2, 0) is 6.54 Å². The molecule has 0 aliphatic carbocycles. The Morgan fingerprint density at radius 1 is 1.31 bits per heavy atom. The van der Waals surface area contributed by atoms with E-state index in [9.17, 15) is 4.39 Å². The molecule has 4 rings (SSSR count). The van der Waals surface area contributed by atoms with Crippen LogP contribution in [0.4, 0.5) is 10.3 Å². The van der Waals surface area contributed by atoms with E-state index in [0.29, 0.717) is 40.5 Å². The molecule has 0 atom stereocenters. The van der Waals surface area contributed by atoms with Gasteiger partial charge in [-0.1, -0.05) is 23.9 Å². The molecule has 0 saturated heterocycles. The molecule has 0 amide bonds. The summed E-state index contributed by atoms with van der Waals surface area (Å²) in [7, 11) is 0. The number of fused-ring (bicyclic) bond motifs is 1. The normalized spacial score (nSPS) is 11.2. The molecule has 8 nitrogen and oxygen atoms in total. The van der Waals surface area contributed by atoms with Crippen molar-refractivity contribution in [3.05, 3.63) is 46.6 Å². The molecule has 0 saturated carbocycles. The molecule has 132 valence electrons. The molecule has 0 unspecified atom stereocenters. The number of anilines is 1. The lowest BCUT2D eigenvalue weighted by Crippen LogP contribution is -2.10. The molecule has 0 aliphatic heterocycles. The van der Waals surface area contributed by atoms with Crippen LogP contribution in [0.2, 0.25) is 0 Å². The lowest BCUT2D eigenvalue weighted by molar-refractivity contribution is 0.628. The van der Waals surface area contributed by atoms with Crippen molar-refractivity contribution in [2.45, 2.75) is 11.7 Å². The second-order valence-electron chi connectivity index (χ2n) is 5.23. The second-order valence-corrected chi connectivity index (χ2v) is 6.86. The highest BCUT2D eigenvalue weighted by atomic mass is 79.9. The Kier molecular flexibility index (Phi) is 4.55. The number of aromatic amines is 1. The fraction of sp³-hybridized carbons (Fsp3) is 0.133. The zero-order valence-corrected chi connectivity index (χ0v) is 15.8. The van der Waals surface area contributed by atoms with E-state index >= 15 is 0 Å². The third kappa shape index (κ3) is 3.27. The average molecular weight is 435 g/mol. The van der Waals surface area contributed by atoms with Crippen molar-refractivity contribution in [2.24, 2.45) is 0 Å². The van der Waals surface area contributed by atoms with Crippen LogP contribution in [0, 0.1) is 5.82 Å². The molecule has 26 heavy (non-hydrogen) atoms. The summed E-state index contributed by atoms with van der Waals surface area (Å²) in [5.41, 5.74) is 1.28. The van der Waals surface area contributed by atoms with Gasteiger partial charge in [-0.05, 0) is 34.3 Å². The minimum atomic E-state index is -0.329. The van der Waals surface area contributed by atoms with E-state index in [4.69, 9.17) is 0 Å². The molecule has 2 N–H and O–H groups in total. The van der Waals surface area contributed by atoms with Crippen molar-refractivity contribution in [3.63, 3.8) is 0 Å². The Balaban J connectivity index is 1.57. The van der Waals surface area contributed by atoms with Crippen LogP contribution < -0.4 is 5.32 Å². The highest BCUT2D eigenvalue weighted by Crippen LogP contribution is 2.21. The van der Waals surface area contributed by atoms with Crippen LogP contribution in [0.3, 0.4) is 0 Å². The number of nitrogens with one attached hydrogen (secondary N) is 2. The van der Waals surface area contributed by atoms with Gasteiger partial charge in [-0.2, -0.15) is 19.7 Å². The van der Waals surface area contributed by atoms with Gasteiger partial charge < -0.3 is 5.32 Å². The van der Waals surface area contributed by atoms with Crippen LogP contribution in [0.1, 0.15) is 5.82 Å². The fourth-order valence-corrected chi connectivity index (χ4v) is 3.03. The molecule has 1 aromatic carbocycles. The van der Waals surface area contributed by atoms with E-state index in [2.05, 4.69) is 51.5 Å². The van der Waals surface area contributed by atoms with Crippen LogP contribution in [0.5, 0.6) is 0 Å². The maximum atomic E-state index is 13.3. The quantitative estimate of drug-likeness (QED) is 0.465. The van der Waals surface area contributed by atoms with Gasteiger partial charge in [-0.15, -0.1) is 0 Å². The molecule has 11 heteroatoms. The van der Waals surface area contributed by atoms with Crippen molar-refractivity contribution in [2.75, 3.05) is 11.6 Å². The lowest BCUT2D eigenvalue weighted by atomic mass is 10.2. The van der Waals surface area contributed by atoms with Crippen LogP contribution >= 0.6 is 27.7 Å². The van der Waals surface area contributed by atoms with Crippen LogP contribution in [-0.4, -0.2) is 41.0 Å². The maximum absolute atomic E-state index is 13.3. The average Bonchev–Trinajstić information content (AvgIpc) is 3.27. The third-order valence-corrected chi connectivity index (χ3v) is 4.62. The van der Waals surface area contributed by atoms with Crippen molar-refractivity contribution in [1.29, 1.82) is 0 Å². The number of H-pyrrole nitrogens is 1. The first-order valence-corrected chi connectivity index (χ1v) is 9.52. The highest BCUT2D eigenvalue weighted by Gasteiger charge is 2.12. The van der Waals surface area contributed by atoms with Crippen LogP contribution in [0.15, 0.2) is 40.1 Å². The van der Waals surface area contributed by atoms with Crippen molar-refractivity contribution in [1.82, 2.24) is 34.8 Å². The maximum Gasteiger partial charge on any atom is 0.228 e. The molecule has 4 aromatic rings. The summed E-state index contributed by atoms with van der Waals surface area (Å²) in [4.78, 5) is 13.2.